The molecule has 0 aromatic carbocycles. The molecule has 24 heavy (non-hydrogen) atoms. The fourth-order valence-corrected chi connectivity index (χ4v) is 3.62. The van der Waals surface area contributed by atoms with Gasteiger partial charge in [-0.2, -0.15) is 5.10 Å². The number of likely N-dealkylation sites (tertiary alicyclic amines) is 1. The molecule has 0 unspecified atom stereocenters. The van der Waals surface area contributed by atoms with Gasteiger partial charge in [0, 0.05) is 19.3 Å². The predicted octanol–water partition coefficient (Wildman–Crippen LogP) is 2.94. The standard InChI is InChI=1S/C17H17N5OS/c1-12-13(16(23)21-8-2-3-9-21)11-19-22(12)17-18-7-6-14(20-17)15-5-4-10-24-15/h4-7,10-11H,2-3,8-9H2,1H3. The first-order valence-corrected chi connectivity index (χ1v) is 8.83. The van der Waals surface area contributed by atoms with Gasteiger partial charge in [0.25, 0.3) is 11.9 Å². The minimum Gasteiger partial charge on any atom is -0.339 e. The monoisotopic (exact) mass is 339 g/mol. The van der Waals surface area contributed by atoms with Crippen LogP contribution in [-0.4, -0.2) is 43.6 Å². The van der Waals surface area contributed by atoms with E-state index in [1.807, 2.05) is 35.4 Å². The van der Waals surface area contributed by atoms with Crippen LogP contribution in [0, 0.1) is 6.92 Å². The van der Waals surface area contributed by atoms with Crippen LogP contribution < -0.4 is 0 Å². The molecule has 4 heterocycles. The van der Waals surface area contributed by atoms with Crippen LogP contribution >= 0.6 is 11.3 Å². The average molecular weight is 339 g/mol. The molecule has 0 radical (unpaired) electrons. The molecule has 0 bridgehead atoms. The van der Waals surface area contributed by atoms with Crippen molar-refractivity contribution in [1.82, 2.24) is 24.6 Å². The summed E-state index contributed by atoms with van der Waals surface area (Å²) in [6.07, 6.45) is 5.49. The number of rotatable bonds is 3. The van der Waals surface area contributed by atoms with Gasteiger partial charge < -0.3 is 4.90 Å². The number of thiophene rings is 1. The quantitative estimate of drug-likeness (QED) is 0.736. The Hall–Kier alpha value is -2.54. The molecule has 1 fully saturated rings. The van der Waals surface area contributed by atoms with Crippen molar-refractivity contribution in [3.05, 3.63) is 47.2 Å². The van der Waals surface area contributed by atoms with Gasteiger partial charge in [0.15, 0.2) is 0 Å². The first-order valence-electron chi connectivity index (χ1n) is 7.95. The van der Waals surface area contributed by atoms with E-state index in [4.69, 9.17) is 0 Å². The van der Waals surface area contributed by atoms with Crippen molar-refractivity contribution >= 4 is 17.2 Å². The number of nitrogens with zero attached hydrogens (tertiary/aromatic N) is 5. The number of amides is 1. The van der Waals surface area contributed by atoms with Crippen LogP contribution in [0.15, 0.2) is 36.0 Å². The molecule has 0 aliphatic carbocycles. The molecule has 3 aromatic rings. The lowest BCUT2D eigenvalue weighted by molar-refractivity contribution is 0.0792. The molecule has 1 aliphatic heterocycles. The fourth-order valence-electron chi connectivity index (χ4n) is 2.92. The number of carbonyl (C=O) groups excluding carboxylic acids is 1. The number of hydrogen-bond donors (Lipinski definition) is 0. The second kappa shape index (κ2) is 6.16. The van der Waals surface area contributed by atoms with Gasteiger partial charge in [-0.1, -0.05) is 6.07 Å². The zero-order valence-corrected chi connectivity index (χ0v) is 14.2. The summed E-state index contributed by atoms with van der Waals surface area (Å²) in [5.74, 6) is 0.532. The molecular weight excluding hydrogens is 322 g/mol. The summed E-state index contributed by atoms with van der Waals surface area (Å²) in [7, 11) is 0. The highest BCUT2D eigenvalue weighted by atomic mass is 32.1. The summed E-state index contributed by atoms with van der Waals surface area (Å²) in [5.41, 5.74) is 2.26. The predicted molar refractivity (Wildman–Crippen MR) is 92.3 cm³/mol. The van der Waals surface area contributed by atoms with Crippen LogP contribution in [0.4, 0.5) is 0 Å². The smallest absolute Gasteiger partial charge is 0.257 e. The Kier molecular flexibility index (Phi) is 3.86. The summed E-state index contributed by atoms with van der Waals surface area (Å²) in [5, 5.41) is 6.37. The van der Waals surface area contributed by atoms with Gasteiger partial charge in [0.05, 0.1) is 28.0 Å². The summed E-state index contributed by atoms with van der Waals surface area (Å²) >= 11 is 1.63. The number of hydrogen-bond acceptors (Lipinski definition) is 5. The van der Waals surface area contributed by atoms with Crippen LogP contribution in [0.2, 0.25) is 0 Å². The Morgan fingerprint density at radius 2 is 2.08 bits per heavy atom. The van der Waals surface area contributed by atoms with Crippen molar-refractivity contribution in [3.8, 4) is 16.5 Å². The third-order valence-electron chi connectivity index (χ3n) is 4.24. The molecule has 7 heteroatoms. The van der Waals surface area contributed by atoms with E-state index in [0.717, 1.165) is 42.2 Å². The number of aromatic nitrogens is 4. The van der Waals surface area contributed by atoms with Crippen molar-refractivity contribution in [2.45, 2.75) is 19.8 Å². The lowest BCUT2D eigenvalue weighted by Crippen LogP contribution is -2.28. The molecule has 0 spiro atoms. The van der Waals surface area contributed by atoms with Gasteiger partial charge >= 0.3 is 0 Å². The van der Waals surface area contributed by atoms with E-state index in [-0.39, 0.29) is 5.91 Å². The van der Waals surface area contributed by atoms with Crippen LogP contribution in [0.1, 0.15) is 28.9 Å². The highest BCUT2D eigenvalue weighted by Crippen LogP contribution is 2.23. The van der Waals surface area contributed by atoms with Crippen LogP contribution in [0.3, 0.4) is 0 Å². The molecule has 6 nitrogen and oxygen atoms in total. The third-order valence-corrected chi connectivity index (χ3v) is 5.13. The van der Waals surface area contributed by atoms with Gasteiger partial charge in [-0.25, -0.2) is 14.6 Å². The van der Waals surface area contributed by atoms with E-state index in [9.17, 15) is 4.79 Å². The molecule has 4 rings (SSSR count). The summed E-state index contributed by atoms with van der Waals surface area (Å²) in [6.45, 7) is 3.54. The first-order chi connectivity index (χ1) is 11.7. The van der Waals surface area contributed by atoms with Gasteiger partial charge in [-0.15, -0.1) is 11.3 Å². The molecule has 1 aliphatic rings. The third kappa shape index (κ3) is 2.60. The highest BCUT2D eigenvalue weighted by molar-refractivity contribution is 7.13. The molecule has 0 atom stereocenters. The lowest BCUT2D eigenvalue weighted by Gasteiger charge is -2.14. The Bertz CT molecular complexity index is 865. The van der Waals surface area contributed by atoms with Crippen molar-refractivity contribution in [2.75, 3.05) is 13.1 Å². The van der Waals surface area contributed by atoms with Crippen molar-refractivity contribution in [1.29, 1.82) is 0 Å². The Labute approximate surface area is 143 Å². The zero-order chi connectivity index (χ0) is 16.5. The van der Waals surface area contributed by atoms with Crippen LogP contribution in [-0.2, 0) is 0 Å². The maximum Gasteiger partial charge on any atom is 0.257 e. The molecule has 1 amide bonds. The summed E-state index contributed by atoms with van der Waals surface area (Å²) in [6, 6.07) is 5.90. The summed E-state index contributed by atoms with van der Waals surface area (Å²) in [4.78, 5) is 24.5. The molecule has 122 valence electrons. The molecule has 0 N–H and O–H groups in total. The second-order valence-electron chi connectivity index (χ2n) is 5.77. The topological polar surface area (TPSA) is 63.9 Å². The average Bonchev–Trinajstić information content (AvgIpc) is 3.36. The molecule has 0 saturated carbocycles. The summed E-state index contributed by atoms with van der Waals surface area (Å²) < 4.78 is 1.64. The zero-order valence-electron chi connectivity index (χ0n) is 13.3. The van der Waals surface area contributed by atoms with Crippen molar-refractivity contribution < 1.29 is 4.79 Å². The van der Waals surface area contributed by atoms with E-state index >= 15 is 0 Å². The Balaban J connectivity index is 1.68. The largest absolute Gasteiger partial charge is 0.339 e. The maximum atomic E-state index is 12.6. The normalized spacial score (nSPS) is 14.3. The van der Waals surface area contributed by atoms with Gasteiger partial charge in [-0.3, -0.25) is 4.79 Å². The van der Waals surface area contributed by atoms with Crippen molar-refractivity contribution in [2.24, 2.45) is 0 Å². The van der Waals surface area contributed by atoms with E-state index in [1.54, 1.807) is 28.4 Å². The minimum absolute atomic E-state index is 0.0469. The molecule has 1 saturated heterocycles. The SMILES string of the molecule is Cc1c(C(=O)N2CCCC2)cnn1-c1nccc(-c2cccs2)n1. The maximum absolute atomic E-state index is 12.6. The van der Waals surface area contributed by atoms with Crippen LogP contribution in [0.5, 0.6) is 0 Å². The van der Waals surface area contributed by atoms with E-state index in [0.29, 0.717) is 11.5 Å². The van der Waals surface area contributed by atoms with E-state index in [1.165, 1.54) is 0 Å². The van der Waals surface area contributed by atoms with Crippen molar-refractivity contribution in [3.63, 3.8) is 0 Å². The van der Waals surface area contributed by atoms with E-state index in [2.05, 4.69) is 15.1 Å². The highest BCUT2D eigenvalue weighted by Gasteiger charge is 2.24. The second-order valence-corrected chi connectivity index (χ2v) is 6.72. The minimum atomic E-state index is 0.0469. The molecular formula is C17H17N5OS. The van der Waals surface area contributed by atoms with Crippen LogP contribution in [0.25, 0.3) is 16.5 Å². The Morgan fingerprint density at radius 1 is 1.25 bits per heavy atom. The van der Waals surface area contributed by atoms with E-state index < -0.39 is 0 Å². The Morgan fingerprint density at radius 3 is 2.83 bits per heavy atom. The van der Waals surface area contributed by atoms with Gasteiger partial charge in [0.2, 0.25) is 0 Å². The van der Waals surface area contributed by atoms with Gasteiger partial charge in [0.1, 0.15) is 0 Å². The first kappa shape index (κ1) is 15.0. The van der Waals surface area contributed by atoms with Gasteiger partial charge in [-0.05, 0) is 37.3 Å². The lowest BCUT2D eigenvalue weighted by atomic mass is 10.2. The number of carbonyl (C=O) groups is 1. The fraction of sp³-hybridized carbons (Fsp3) is 0.294. The molecule has 3 aromatic heterocycles.